The molecule has 0 aliphatic carbocycles. The third kappa shape index (κ3) is 2.35. The molecule has 1 N–H and O–H groups in total. The van der Waals surface area contributed by atoms with E-state index in [-0.39, 0.29) is 5.91 Å². The Hall–Kier alpha value is -1.71. The molecular weight excluding hydrogens is 252 g/mol. The van der Waals surface area contributed by atoms with Gasteiger partial charge in [0.1, 0.15) is 5.75 Å². The minimum atomic E-state index is -0.409. The fourth-order valence-corrected chi connectivity index (χ4v) is 3.27. The van der Waals surface area contributed by atoms with E-state index in [1.165, 1.54) is 6.42 Å². The van der Waals surface area contributed by atoms with E-state index in [0.717, 1.165) is 24.3 Å². The van der Waals surface area contributed by atoms with Gasteiger partial charge in [-0.1, -0.05) is 12.1 Å². The normalized spacial score (nSPS) is 29.1. The van der Waals surface area contributed by atoms with Crippen LogP contribution in [0.5, 0.6) is 5.75 Å². The summed E-state index contributed by atoms with van der Waals surface area (Å²) in [6, 6.07) is 8.40. The lowest BCUT2D eigenvalue weighted by Gasteiger charge is -2.41. The predicted molar refractivity (Wildman–Crippen MR) is 79.0 cm³/mol. The van der Waals surface area contributed by atoms with Crippen molar-refractivity contribution in [1.29, 1.82) is 0 Å². The van der Waals surface area contributed by atoms with E-state index in [0.29, 0.717) is 18.6 Å². The highest BCUT2D eigenvalue weighted by Gasteiger charge is 2.36. The molecule has 0 saturated carbocycles. The fourth-order valence-electron chi connectivity index (χ4n) is 3.27. The van der Waals surface area contributed by atoms with Gasteiger partial charge in [-0.05, 0) is 45.2 Å². The van der Waals surface area contributed by atoms with Crippen LogP contribution in [-0.4, -0.2) is 35.5 Å². The van der Waals surface area contributed by atoms with Gasteiger partial charge in [0, 0.05) is 12.1 Å². The van der Waals surface area contributed by atoms with E-state index in [1.54, 1.807) is 0 Å². The highest BCUT2D eigenvalue weighted by atomic mass is 16.5. The smallest absolute Gasteiger partial charge is 0.265 e. The Kier molecular flexibility index (Phi) is 3.55. The van der Waals surface area contributed by atoms with Crippen LogP contribution in [0.3, 0.4) is 0 Å². The number of para-hydroxylation sites is 2. The predicted octanol–water partition coefficient (Wildman–Crippen LogP) is 2.65. The molecule has 0 spiro atoms. The largest absolute Gasteiger partial charge is 0.477 e. The molecule has 1 aromatic carbocycles. The van der Waals surface area contributed by atoms with Crippen LogP contribution in [0.15, 0.2) is 24.3 Å². The number of hydrogen-bond acceptors (Lipinski definition) is 3. The van der Waals surface area contributed by atoms with Crippen LogP contribution in [-0.2, 0) is 4.79 Å². The molecule has 1 saturated heterocycles. The molecule has 20 heavy (non-hydrogen) atoms. The quantitative estimate of drug-likeness (QED) is 0.856. The van der Waals surface area contributed by atoms with Gasteiger partial charge in [0.25, 0.3) is 5.91 Å². The Bertz CT molecular complexity index is 493. The molecule has 1 fully saturated rings. The van der Waals surface area contributed by atoms with E-state index >= 15 is 0 Å². The standard InChI is InChI=1S/C16H22N2O2/c1-11-6-5-7-12(2)18(11)16(19)15-10-17-13-8-3-4-9-14(13)20-15/h3-4,8-9,11-12,15,17H,5-7,10H2,1-2H3/t11-,12+,15?. The zero-order chi connectivity index (χ0) is 14.1. The van der Waals surface area contributed by atoms with Crippen molar-refractivity contribution in [3.05, 3.63) is 24.3 Å². The van der Waals surface area contributed by atoms with Crippen LogP contribution in [0.1, 0.15) is 33.1 Å². The van der Waals surface area contributed by atoms with Crippen molar-refractivity contribution in [2.24, 2.45) is 0 Å². The highest BCUT2D eigenvalue weighted by Crippen LogP contribution is 2.30. The number of ether oxygens (including phenoxy) is 1. The second-order valence-electron chi connectivity index (χ2n) is 5.86. The number of piperidine rings is 1. The van der Waals surface area contributed by atoms with Crippen LogP contribution in [0.25, 0.3) is 0 Å². The number of carbonyl (C=O) groups excluding carboxylic acids is 1. The van der Waals surface area contributed by atoms with Crippen LogP contribution in [0.4, 0.5) is 5.69 Å². The molecule has 1 aromatic rings. The van der Waals surface area contributed by atoms with Gasteiger partial charge >= 0.3 is 0 Å². The minimum Gasteiger partial charge on any atom is -0.477 e. The molecule has 4 nitrogen and oxygen atoms in total. The highest BCUT2D eigenvalue weighted by molar-refractivity contribution is 5.83. The Morgan fingerprint density at radius 2 is 1.95 bits per heavy atom. The molecule has 2 heterocycles. The molecular formula is C16H22N2O2. The molecule has 108 valence electrons. The first kappa shape index (κ1) is 13.3. The lowest BCUT2D eigenvalue weighted by molar-refractivity contribution is -0.144. The van der Waals surface area contributed by atoms with Gasteiger partial charge < -0.3 is 15.0 Å². The number of amides is 1. The Morgan fingerprint density at radius 1 is 1.25 bits per heavy atom. The molecule has 3 atom stereocenters. The fraction of sp³-hybridized carbons (Fsp3) is 0.562. The molecule has 0 radical (unpaired) electrons. The van der Waals surface area contributed by atoms with E-state index < -0.39 is 6.10 Å². The monoisotopic (exact) mass is 274 g/mol. The molecule has 2 aliphatic rings. The van der Waals surface area contributed by atoms with Crippen LogP contribution in [0, 0.1) is 0 Å². The van der Waals surface area contributed by atoms with Crippen LogP contribution < -0.4 is 10.1 Å². The first-order valence-corrected chi connectivity index (χ1v) is 7.48. The van der Waals surface area contributed by atoms with E-state index in [9.17, 15) is 4.79 Å². The summed E-state index contributed by atoms with van der Waals surface area (Å²) in [4.78, 5) is 14.8. The maximum absolute atomic E-state index is 12.7. The molecule has 3 rings (SSSR count). The number of hydrogen-bond donors (Lipinski definition) is 1. The van der Waals surface area contributed by atoms with Gasteiger partial charge in [-0.25, -0.2) is 0 Å². The molecule has 0 aromatic heterocycles. The number of likely N-dealkylation sites (tertiary alicyclic amines) is 1. The maximum atomic E-state index is 12.7. The average Bonchev–Trinajstić information content (AvgIpc) is 2.46. The second-order valence-corrected chi connectivity index (χ2v) is 5.86. The molecule has 0 bridgehead atoms. The number of rotatable bonds is 1. The molecule has 2 aliphatic heterocycles. The molecule has 4 heteroatoms. The van der Waals surface area contributed by atoms with Crippen molar-refractivity contribution < 1.29 is 9.53 Å². The van der Waals surface area contributed by atoms with Crippen LogP contribution in [0.2, 0.25) is 0 Å². The summed E-state index contributed by atoms with van der Waals surface area (Å²) in [5, 5.41) is 3.29. The maximum Gasteiger partial charge on any atom is 0.265 e. The lowest BCUT2D eigenvalue weighted by atomic mass is 9.96. The van der Waals surface area contributed by atoms with Crippen molar-refractivity contribution in [1.82, 2.24) is 4.90 Å². The van der Waals surface area contributed by atoms with Crippen molar-refractivity contribution in [2.75, 3.05) is 11.9 Å². The van der Waals surface area contributed by atoms with Gasteiger partial charge in [-0.2, -0.15) is 0 Å². The van der Waals surface area contributed by atoms with Crippen molar-refractivity contribution in [2.45, 2.75) is 51.3 Å². The van der Waals surface area contributed by atoms with Gasteiger partial charge in [0.2, 0.25) is 0 Å². The zero-order valence-corrected chi connectivity index (χ0v) is 12.1. The van der Waals surface area contributed by atoms with Gasteiger partial charge in [-0.15, -0.1) is 0 Å². The summed E-state index contributed by atoms with van der Waals surface area (Å²) in [5.41, 5.74) is 0.969. The van der Waals surface area contributed by atoms with Gasteiger partial charge in [0.05, 0.1) is 12.2 Å². The third-order valence-electron chi connectivity index (χ3n) is 4.36. The van der Waals surface area contributed by atoms with E-state index in [4.69, 9.17) is 4.74 Å². The van der Waals surface area contributed by atoms with Crippen molar-refractivity contribution in [3.63, 3.8) is 0 Å². The van der Waals surface area contributed by atoms with Gasteiger partial charge in [0.15, 0.2) is 6.10 Å². The van der Waals surface area contributed by atoms with Crippen molar-refractivity contribution in [3.8, 4) is 5.75 Å². The molecule has 1 amide bonds. The number of nitrogens with zero attached hydrogens (tertiary/aromatic N) is 1. The first-order valence-electron chi connectivity index (χ1n) is 7.48. The minimum absolute atomic E-state index is 0.117. The summed E-state index contributed by atoms with van der Waals surface area (Å²) < 4.78 is 5.89. The Balaban J connectivity index is 1.75. The average molecular weight is 274 g/mol. The number of fused-ring (bicyclic) bond motifs is 1. The third-order valence-corrected chi connectivity index (χ3v) is 4.36. The number of carbonyl (C=O) groups is 1. The summed E-state index contributed by atoms with van der Waals surface area (Å²) in [7, 11) is 0. The van der Waals surface area contributed by atoms with Crippen LogP contribution >= 0.6 is 0 Å². The molecule has 1 unspecified atom stereocenters. The number of nitrogens with one attached hydrogen (secondary N) is 1. The van der Waals surface area contributed by atoms with Gasteiger partial charge in [-0.3, -0.25) is 4.79 Å². The Morgan fingerprint density at radius 3 is 2.70 bits per heavy atom. The first-order chi connectivity index (χ1) is 9.66. The number of benzene rings is 1. The van der Waals surface area contributed by atoms with Crippen molar-refractivity contribution >= 4 is 11.6 Å². The summed E-state index contributed by atoms with van der Waals surface area (Å²) >= 11 is 0. The number of anilines is 1. The summed E-state index contributed by atoms with van der Waals surface area (Å²) in [6.07, 6.45) is 2.98. The SMILES string of the molecule is C[C@@H]1CCC[C@H](C)N1C(=O)C1CNc2ccccc2O1. The van der Waals surface area contributed by atoms with E-state index in [2.05, 4.69) is 19.2 Å². The second kappa shape index (κ2) is 5.35. The van der Waals surface area contributed by atoms with E-state index in [1.807, 2.05) is 29.2 Å². The zero-order valence-electron chi connectivity index (χ0n) is 12.1. The lowest BCUT2D eigenvalue weighted by Crippen LogP contribution is -2.54. The summed E-state index contributed by atoms with van der Waals surface area (Å²) in [5.74, 6) is 0.890. The Labute approximate surface area is 120 Å². The summed E-state index contributed by atoms with van der Waals surface area (Å²) in [6.45, 7) is 4.82. The topological polar surface area (TPSA) is 41.6 Å².